The summed E-state index contributed by atoms with van der Waals surface area (Å²) in [6.07, 6.45) is 14.1. The Morgan fingerprint density at radius 2 is 1.57 bits per heavy atom. The van der Waals surface area contributed by atoms with Gasteiger partial charge in [0.05, 0.1) is 0 Å². The second-order valence-electron chi connectivity index (χ2n) is 4.01. The molecule has 0 unspecified atom stereocenters. The molecule has 84 valence electrons. The van der Waals surface area contributed by atoms with Crippen LogP contribution in [0.1, 0.15) is 58.8 Å². The van der Waals surface area contributed by atoms with E-state index in [0.717, 1.165) is 6.54 Å². The molecule has 0 amide bonds. The second kappa shape index (κ2) is 10.6. The Bertz CT molecular complexity index is 129. The van der Waals surface area contributed by atoms with Gasteiger partial charge >= 0.3 is 0 Å². The van der Waals surface area contributed by atoms with E-state index in [2.05, 4.69) is 38.1 Å². The Kier molecular flexibility index (Phi) is 10.3. The molecule has 0 aromatic rings. The minimum atomic E-state index is 1.10. The molecule has 0 heterocycles. The molecular formula is C13H27N. The van der Waals surface area contributed by atoms with Crippen molar-refractivity contribution in [1.82, 2.24) is 4.90 Å². The van der Waals surface area contributed by atoms with Gasteiger partial charge in [0.2, 0.25) is 0 Å². The summed E-state index contributed by atoms with van der Waals surface area (Å²) in [4.78, 5) is 2.22. The van der Waals surface area contributed by atoms with Crippen molar-refractivity contribution in [2.24, 2.45) is 0 Å². The second-order valence-corrected chi connectivity index (χ2v) is 4.01. The van der Waals surface area contributed by atoms with Crippen LogP contribution in [0.15, 0.2) is 12.3 Å². The molecule has 14 heavy (non-hydrogen) atoms. The van der Waals surface area contributed by atoms with Gasteiger partial charge in [0.1, 0.15) is 0 Å². The fourth-order valence-electron chi connectivity index (χ4n) is 1.40. The molecule has 0 aliphatic carbocycles. The number of rotatable bonds is 9. The van der Waals surface area contributed by atoms with E-state index in [4.69, 9.17) is 0 Å². The third-order valence-corrected chi connectivity index (χ3v) is 2.58. The summed E-state index contributed by atoms with van der Waals surface area (Å²) in [5.41, 5.74) is 0. The maximum absolute atomic E-state index is 2.29. The molecular weight excluding hydrogens is 170 g/mol. The van der Waals surface area contributed by atoms with Gasteiger partial charge in [-0.25, -0.2) is 0 Å². The van der Waals surface area contributed by atoms with Crippen molar-refractivity contribution >= 4 is 0 Å². The molecule has 0 fully saturated rings. The molecule has 0 aliphatic heterocycles. The van der Waals surface area contributed by atoms with Gasteiger partial charge in [-0.05, 0) is 26.0 Å². The molecule has 1 nitrogen and oxygen atoms in total. The lowest BCUT2D eigenvalue weighted by atomic mass is 10.1. The molecule has 0 saturated heterocycles. The van der Waals surface area contributed by atoms with E-state index in [-0.39, 0.29) is 0 Å². The first-order valence-corrected chi connectivity index (χ1v) is 6.18. The van der Waals surface area contributed by atoms with Gasteiger partial charge in [-0.15, -0.1) is 0 Å². The van der Waals surface area contributed by atoms with E-state index in [9.17, 15) is 0 Å². The Morgan fingerprint density at radius 1 is 0.929 bits per heavy atom. The molecule has 0 rings (SSSR count). The Labute approximate surface area is 90.2 Å². The highest BCUT2D eigenvalue weighted by Gasteiger charge is 1.88. The maximum Gasteiger partial charge on any atom is 0.0140 e. The van der Waals surface area contributed by atoms with Crippen LogP contribution in [-0.4, -0.2) is 18.5 Å². The Balaban J connectivity index is 3.09. The summed E-state index contributed by atoms with van der Waals surface area (Å²) in [5.74, 6) is 0. The molecule has 0 saturated carbocycles. The van der Waals surface area contributed by atoms with Crippen molar-refractivity contribution in [3.05, 3.63) is 12.3 Å². The number of allylic oxidation sites excluding steroid dienone is 1. The molecule has 0 N–H and O–H groups in total. The number of unbranched alkanes of at least 4 members (excludes halogenated alkanes) is 6. The number of nitrogens with zero attached hydrogens (tertiary/aromatic N) is 1. The van der Waals surface area contributed by atoms with Crippen LogP contribution in [0, 0.1) is 0 Å². The van der Waals surface area contributed by atoms with Crippen LogP contribution in [0.4, 0.5) is 0 Å². The fourth-order valence-corrected chi connectivity index (χ4v) is 1.40. The largest absolute Gasteiger partial charge is 0.381 e. The quantitative estimate of drug-likeness (QED) is 0.501. The first-order valence-electron chi connectivity index (χ1n) is 6.18. The fraction of sp³-hybridized carbons (Fsp3) is 0.846. The number of hydrogen-bond donors (Lipinski definition) is 0. The maximum atomic E-state index is 2.29. The first-order chi connectivity index (χ1) is 6.81. The molecule has 1 heteroatoms. The average Bonchev–Trinajstić information content (AvgIpc) is 2.21. The smallest absolute Gasteiger partial charge is 0.0140 e. The minimum absolute atomic E-state index is 1.10. The minimum Gasteiger partial charge on any atom is -0.381 e. The van der Waals surface area contributed by atoms with Crippen LogP contribution < -0.4 is 0 Å². The van der Waals surface area contributed by atoms with E-state index in [1.807, 2.05) is 0 Å². The zero-order valence-corrected chi connectivity index (χ0v) is 10.3. The Hall–Kier alpha value is -0.460. The topological polar surface area (TPSA) is 3.24 Å². The van der Waals surface area contributed by atoms with Crippen molar-refractivity contribution in [2.45, 2.75) is 58.8 Å². The normalized spacial score (nSPS) is 11.1. The van der Waals surface area contributed by atoms with Crippen LogP contribution in [-0.2, 0) is 0 Å². The van der Waals surface area contributed by atoms with E-state index < -0.39 is 0 Å². The van der Waals surface area contributed by atoms with Crippen molar-refractivity contribution in [3.63, 3.8) is 0 Å². The molecule has 0 atom stereocenters. The lowest BCUT2D eigenvalue weighted by Crippen LogP contribution is -2.08. The van der Waals surface area contributed by atoms with Crippen LogP contribution in [0.2, 0.25) is 0 Å². The summed E-state index contributed by atoms with van der Waals surface area (Å²) in [6.45, 7) is 5.55. The SMILES string of the molecule is CCCCCCCCC=CN(C)CC. The van der Waals surface area contributed by atoms with Crippen molar-refractivity contribution in [2.75, 3.05) is 13.6 Å². The van der Waals surface area contributed by atoms with Crippen LogP contribution in [0.3, 0.4) is 0 Å². The highest BCUT2D eigenvalue weighted by molar-refractivity contribution is 4.79. The van der Waals surface area contributed by atoms with Crippen molar-refractivity contribution < 1.29 is 0 Å². The standard InChI is InChI=1S/C13H27N/c1-4-6-7-8-9-10-11-12-13-14(3)5-2/h12-13H,4-11H2,1-3H3. The zero-order chi connectivity index (χ0) is 10.6. The van der Waals surface area contributed by atoms with Crippen molar-refractivity contribution in [3.8, 4) is 0 Å². The molecule has 0 bridgehead atoms. The van der Waals surface area contributed by atoms with Gasteiger partial charge in [0.25, 0.3) is 0 Å². The van der Waals surface area contributed by atoms with Gasteiger partial charge in [-0.2, -0.15) is 0 Å². The summed E-state index contributed by atoms with van der Waals surface area (Å²) in [7, 11) is 2.12. The van der Waals surface area contributed by atoms with Crippen LogP contribution in [0.25, 0.3) is 0 Å². The van der Waals surface area contributed by atoms with Gasteiger partial charge in [-0.3, -0.25) is 0 Å². The molecule has 0 aliphatic rings. The first kappa shape index (κ1) is 13.5. The zero-order valence-electron chi connectivity index (χ0n) is 10.3. The lowest BCUT2D eigenvalue weighted by Gasteiger charge is -2.08. The third-order valence-electron chi connectivity index (χ3n) is 2.58. The number of hydrogen-bond acceptors (Lipinski definition) is 1. The summed E-state index contributed by atoms with van der Waals surface area (Å²) < 4.78 is 0. The predicted octanol–water partition coefficient (Wildman–Crippen LogP) is 4.20. The molecule has 0 radical (unpaired) electrons. The summed E-state index contributed by atoms with van der Waals surface area (Å²) >= 11 is 0. The molecule has 0 aromatic carbocycles. The predicted molar refractivity (Wildman–Crippen MR) is 65.4 cm³/mol. The van der Waals surface area contributed by atoms with Gasteiger partial charge < -0.3 is 4.90 Å². The van der Waals surface area contributed by atoms with Crippen LogP contribution >= 0.6 is 0 Å². The van der Waals surface area contributed by atoms with E-state index >= 15 is 0 Å². The third kappa shape index (κ3) is 9.63. The average molecular weight is 197 g/mol. The van der Waals surface area contributed by atoms with Gasteiger partial charge in [-0.1, -0.05) is 45.1 Å². The van der Waals surface area contributed by atoms with E-state index in [1.54, 1.807) is 0 Å². The molecule has 0 aromatic heterocycles. The van der Waals surface area contributed by atoms with E-state index in [1.165, 1.54) is 44.9 Å². The lowest BCUT2D eigenvalue weighted by molar-refractivity contribution is 0.481. The van der Waals surface area contributed by atoms with Crippen LogP contribution in [0.5, 0.6) is 0 Å². The van der Waals surface area contributed by atoms with E-state index in [0.29, 0.717) is 0 Å². The summed E-state index contributed by atoms with van der Waals surface area (Å²) in [6, 6.07) is 0. The highest BCUT2D eigenvalue weighted by atomic mass is 15.1. The Morgan fingerprint density at radius 3 is 2.21 bits per heavy atom. The summed E-state index contributed by atoms with van der Waals surface area (Å²) in [5, 5.41) is 0. The highest BCUT2D eigenvalue weighted by Crippen LogP contribution is 2.07. The van der Waals surface area contributed by atoms with Gasteiger partial charge in [0, 0.05) is 13.6 Å². The molecule has 0 spiro atoms. The van der Waals surface area contributed by atoms with Gasteiger partial charge in [0.15, 0.2) is 0 Å². The van der Waals surface area contributed by atoms with Crippen molar-refractivity contribution in [1.29, 1.82) is 0 Å². The monoisotopic (exact) mass is 197 g/mol.